The fraction of sp³-hybridized carbons (Fsp3) is 0.632. The molecule has 0 saturated carbocycles. The van der Waals surface area contributed by atoms with Crippen LogP contribution in [0.2, 0.25) is 0 Å². The molecule has 1 amide bonds. The minimum atomic E-state index is -0.0185. The van der Waals surface area contributed by atoms with Crippen LogP contribution in [0.4, 0.5) is 0 Å². The molecular formula is C19H31N3O2. The van der Waals surface area contributed by atoms with E-state index < -0.39 is 0 Å². The summed E-state index contributed by atoms with van der Waals surface area (Å²) in [6.45, 7) is 12.8. The van der Waals surface area contributed by atoms with Crippen molar-refractivity contribution in [3.63, 3.8) is 0 Å². The Labute approximate surface area is 146 Å². The monoisotopic (exact) mass is 333 g/mol. The Balaban J connectivity index is 1.79. The van der Waals surface area contributed by atoms with Gasteiger partial charge in [-0.1, -0.05) is 19.1 Å². The second-order valence-electron chi connectivity index (χ2n) is 7.04. The first-order valence-corrected chi connectivity index (χ1v) is 8.81. The highest BCUT2D eigenvalue weighted by atomic mass is 16.5. The second-order valence-corrected chi connectivity index (χ2v) is 7.04. The van der Waals surface area contributed by atoms with Crippen LogP contribution in [0.5, 0.6) is 5.75 Å². The molecule has 1 aliphatic rings. The lowest BCUT2D eigenvalue weighted by molar-refractivity contribution is -0.121. The third kappa shape index (κ3) is 5.21. The number of likely N-dealkylation sites (N-methyl/N-ethyl adjacent to an activating group) is 1. The molecule has 1 heterocycles. The number of hydrogen-bond donors (Lipinski definition) is 1. The van der Waals surface area contributed by atoms with E-state index in [1.165, 1.54) is 0 Å². The number of ether oxygens (including phenoxy) is 1. The molecule has 0 atom stereocenters. The van der Waals surface area contributed by atoms with Gasteiger partial charge in [0, 0.05) is 38.3 Å². The summed E-state index contributed by atoms with van der Waals surface area (Å²) in [5.74, 6) is 0.881. The molecule has 1 fully saturated rings. The molecule has 1 aromatic carbocycles. The van der Waals surface area contributed by atoms with Crippen molar-refractivity contribution >= 4 is 5.91 Å². The van der Waals surface area contributed by atoms with Gasteiger partial charge in [-0.05, 0) is 38.1 Å². The van der Waals surface area contributed by atoms with E-state index in [1.807, 2.05) is 24.3 Å². The fourth-order valence-electron chi connectivity index (χ4n) is 3.09. The van der Waals surface area contributed by atoms with Gasteiger partial charge in [0.1, 0.15) is 5.75 Å². The number of hydrogen-bond acceptors (Lipinski definition) is 4. The van der Waals surface area contributed by atoms with E-state index in [4.69, 9.17) is 4.74 Å². The van der Waals surface area contributed by atoms with Crippen molar-refractivity contribution in [3.05, 3.63) is 29.8 Å². The summed E-state index contributed by atoms with van der Waals surface area (Å²) in [6.07, 6.45) is 0.406. The van der Waals surface area contributed by atoms with E-state index in [0.717, 1.165) is 44.0 Å². The summed E-state index contributed by atoms with van der Waals surface area (Å²) in [4.78, 5) is 17.2. The molecule has 1 saturated heterocycles. The number of nitrogens with one attached hydrogen (secondary N) is 1. The van der Waals surface area contributed by atoms with Crippen molar-refractivity contribution in [2.24, 2.45) is 0 Å². The number of nitrogens with zero attached hydrogens (tertiary/aromatic N) is 2. The molecule has 2 rings (SSSR count). The predicted molar refractivity (Wildman–Crippen MR) is 97.5 cm³/mol. The SMILES string of the molecule is CCN1CCN(C(C)(C)CNC(=O)Cc2ccc(OC)cc2)CC1. The van der Waals surface area contributed by atoms with Crippen LogP contribution in [-0.2, 0) is 11.2 Å². The summed E-state index contributed by atoms with van der Waals surface area (Å²) >= 11 is 0. The zero-order valence-corrected chi connectivity index (χ0v) is 15.5. The summed E-state index contributed by atoms with van der Waals surface area (Å²) in [6, 6.07) is 7.65. The number of methoxy groups -OCH3 is 1. The molecule has 0 aromatic heterocycles. The molecule has 0 unspecified atom stereocenters. The lowest BCUT2D eigenvalue weighted by Gasteiger charge is -2.44. The van der Waals surface area contributed by atoms with Crippen LogP contribution in [0.1, 0.15) is 26.3 Å². The lowest BCUT2D eigenvalue weighted by atomic mass is 10.0. The molecule has 1 aromatic rings. The van der Waals surface area contributed by atoms with E-state index in [2.05, 4.69) is 35.9 Å². The molecule has 0 spiro atoms. The third-order valence-corrected chi connectivity index (χ3v) is 4.92. The number of benzene rings is 1. The zero-order valence-electron chi connectivity index (χ0n) is 15.5. The number of amides is 1. The summed E-state index contributed by atoms with van der Waals surface area (Å²) in [5, 5.41) is 3.10. The largest absolute Gasteiger partial charge is 0.497 e. The molecule has 0 radical (unpaired) electrons. The molecule has 0 bridgehead atoms. The molecule has 1 N–H and O–H groups in total. The van der Waals surface area contributed by atoms with Crippen LogP contribution >= 0.6 is 0 Å². The topological polar surface area (TPSA) is 44.8 Å². The molecule has 1 aliphatic heterocycles. The average molecular weight is 333 g/mol. The molecule has 24 heavy (non-hydrogen) atoms. The van der Waals surface area contributed by atoms with Gasteiger partial charge in [-0.2, -0.15) is 0 Å². The highest BCUT2D eigenvalue weighted by molar-refractivity contribution is 5.78. The van der Waals surface area contributed by atoms with E-state index in [9.17, 15) is 4.79 Å². The van der Waals surface area contributed by atoms with Crippen molar-refractivity contribution in [2.45, 2.75) is 32.7 Å². The van der Waals surface area contributed by atoms with E-state index >= 15 is 0 Å². The van der Waals surface area contributed by atoms with Gasteiger partial charge in [-0.3, -0.25) is 9.69 Å². The van der Waals surface area contributed by atoms with Gasteiger partial charge in [0.25, 0.3) is 0 Å². The molecule has 134 valence electrons. The van der Waals surface area contributed by atoms with E-state index in [0.29, 0.717) is 13.0 Å². The van der Waals surface area contributed by atoms with Crippen molar-refractivity contribution in [1.82, 2.24) is 15.1 Å². The summed E-state index contributed by atoms with van der Waals surface area (Å²) in [5.41, 5.74) is 0.984. The van der Waals surface area contributed by atoms with Gasteiger partial charge in [-0.15, -0.1) is 0 Å². The zero-order chi connectivity index (χ0) is 17.6. The van der Waals surface area contributed by atoms with Crippen LogP contribution in [0.3, 0.4) is 0 Å². The normalized spacial score (nSPS) is 16.8. The number of carbonyl (C=O) groups is 1. The number of carbonyl (C=O) groups excluding carboxylic acids is 1. The maximum atomic E-state index is 12.2. The molecule has 0 aliphatic carbocycles. The van der Waals surface area contributed by atoms with E-state index in [1.54, 1.807) is 7.11 Å². The van der Waals surface area contributed by atoms with Crippen LogP contribution < -0.4 is 10.1 Å². The Hall–Kier alpha value is -1.59. The Morgan fingerprint density at radius 1 is 1.17 bits per heavy atom. The number of rotatable bonds is 7. The van der Waals surface area contributed by atoms with Crippen molar-refractivity contribution < 1.29 is 9.53 Å². The first-order chi connectivity index (χ1) is 11.4. The summed E-state index contributed by atoms with van der Waals surface area (Å²) < 4.78 is 5.14. The predicted octanol–water partition coefficient (Wildman–Crippen LogP) is 1.77. The van der Waals surface area contributed by atoms with Crippen LogP contribution in [-0.4, -0.2) is 67.6 Å². The second kappa shape index (κ2) is 8.49. The Bertz CT molecular complexity index is 520. The fourth-order valence-corrected chi connectivity index (χ4v) is 3.09. The molecule has 5 nitrogen and oxygen atoms in total. The van der Waals surface area contributed by atoms with Gasteiger partial charge in [0.15, 0.2) is 0 Å². The maximum absolute atomic E-state index is 12.2. The highest BCUT2D eigenvalue weighted by Crippen LogP contribution is 2.16. The standard InChI is InChI=1S/C19H31N3O2/c1-5-21-10-12-22(13-11-21)19(2,3)15-20-18(23)14-16-6-8-17(24-4)9-7-16/h6-9H,5,10-15H2,1-4H3,(H,20,23). The Morgan fingerprint density at radius 3 is 2.33 bits per heavy atom. The first-order valence-electron chi connectivity index (χ1n) is 8.81. The molecule has 5 heteroatoms. The van der Waals surface area contributed by atoms with Gasteiger partial charge >= 0.3 is 0 Å². The van der Waals surface area contributed by atoms with Gasteiger partial charge in [0.2, 0.25) is 5.91 Å². The van der Waals surface area contributed by atoms with Crippen molar-refractivity contribution in [2.75, 3.05) is 46.4 Å². The van der Waals surface area contributed by atoms with Crippen molar-refractivity contribution in [1.29, 1.82) is 0 Å². The maximum Gasteiger partial charge on any atom is 0.224 e. The highest BCUT2D eigenvalue weighted by Gasteiger charge is 2.29. The first kappa shape index (κ1) is 18.7. The summed E-state index contributed by atoms with van der Waals surface area (Å²) in [7, 11) is 1.64. The van der Waals surface area contributed by atoms with Crippen molar-refractivity contribution in [3.8, 4) is 5.75 Å². The van der Waals surface area contributed by atoms with E-state index in [-0.39, 0.29) is 11.4 Å². The van der Waals surface area contributed by atoms with Crippen LogP contribution in [0.15, 0.2) is 24.3 Å². The minimum absolute atomic E-state index is 0.0185. The van der Waals surface area contributed by atoms with Crippen LogP contribution in [0, 0.1) is 0 Å². The Morgan fingerprint density at radius 2 is 1.79 bits per heavy atom. The lowest BCUT2D eigenvalue weighted by Crippen LogP contribution is -2.58. The number of piperazine rings is 1. The smallest absolute Gasteiger partial charge is 0.224 e. The van der Waals surface area contributed by atoms with Gasteiger partial charge < -0.3 is 15.0 Å². The average Bonchev–Trinajstić information content (AvgIpc) is 2.61. The van der Waals surface area contributed by atoms with Crippen LogP contribution in [0.25, 0.3) is 0 Å². The third-order valence-electron chi connectivity index (χ3n) is 4.92. The van der Waals surface area contributed by atoms with Gasteiger partial charge in [-0.25, -0.2) is 0 Å². The minimum Gasteiger partial charge on any atom is -0.497 e. The Kier molecular flexibility index (Phi) is 6.63. The quantitative estimate of drug-likeness (QED) is 0.826. The van der Waals surface area contributed by atoms with Gasteiger partial charge in [0.05, 0.1) is 13.5 Å². The molecular weight excluding hydrogens is 302 g/mol.